The van der Waals surface area contributed by atoms with Crippen molar-refractivity contribution in [1.29, 1.82) is 0 Å². The number of H-pyrrole nitrogens is 1. The van der Waals surface area contributed by atoms with Crippen molar-refractivity contribution in [3.63, 3.8) is 0 Å². The van der Waals surface area contributed by atoms with E-state index in [1.165, 1.54) is 23.4 Å². The lowest BCUT2D eigenvalue weighted by Gasteiger charge is -2.42. The van der Waals surface area contributed by atoms with Crippen molar-refractivity contribution in [3.05, 3.63) is 35.8 Å². The SMILES string of the molecule is CC1(C)CCN(C2=CC(N)=NC3C=C(c4ccn[nH]4)SC23)CC1. The fourth-order valence-corrected chi connectivity index (χ4v) is 4.81. The third-order valence-corrected chi connectivity index (χ3v) is 6.40. The molecule has 0 saturated carbocycles. The fourth-order valence-electron chi connectivity index (χ4n) is 3.46. The van der Waals surface area contributed by atoms with Gasteiger partial charge in [0.15, 0.2) is 0 Å². The molecular formula is C17H23N5S. The summed E-state index contributed by atoms with van der Waals surface area (Å²) < 4.78 is 0. The topological polar surface area (TPSA) is 70.3 Å². The molecule has 1 aromatic heterocycles. The number of amidine groups is 1. The molecule has 1 aromatic rings. The van der Waals surface area contributed by atoms with Gasteiger partial charge in [0.05, 0.1) is 17.0 Å². The molecule has 2 atom stereocenters. The second-order valence-corrected chi connectivity index (χ2v) is 8.49. The molecule has 3 aliphatic heterocycles. The average Bonchev–Trinajstić information content (AvgIpc) is 3.15. The molecule has 4 heterocycles. The number of hydrogen-bond acceptors (Lipinski definition) is 5. The standard InChI is InChI=1S/C17H23N5S/c1-17(2)4-7-22(8-5-17)13-10-15(18)20-12-9-14(23-16(12)13)11-3-6-19-21-11/h3,6,9-10,12,16H,4-5,7-8H2,1-2H3,(H2,18,20)(H,19,21). The molecule has 23 heavy (non-hydrogen) atoms. The molecule has 0 radical (unpaired) electrons. The average molecular weight is 329 g/mol. The van der Waals surface area contributed by atoms with Crippen molar-refractivity contribution in [2.45, 2.75) is 38.0 Å². The number of nitrogens with two attached hydrogens (primary N) is 1. The Balaban J connectivity index is 1.57. The summed E-state index contributed by atoms with van der Waals surface area (Å²) in [5.74, 6) is 0.647. The summed E-state index contributed by atoms with van der Waals surface area (Å²) in [6.45, 7) is 6.94. The lowest BCUT2D eigenvalue weighted by Crippen LogP contribution is -2.42. The first-order chi connectivity index (χ1) is 11.0. The van der Waals surface area contributed by atoms with E-state index in [9.17, 15) is 0 Å². The zero-order valence-electron chi connectivity index (χ0n) is 13.6. The summed E-state index contributed by atoms with van der Waals surface area (Å²) in [5, 5.41) is 7.45. The number of aromatic nitrogens is 2. The molecular weight excluding hydrogens is 306 g/mol. The Morgan fingerprint density at radius 2 is 2.13 bits per heavy atom. The van der Waals surface area contributed by atoms with Crippen LogP contribution in [0.4, 0.5) is 0 Å². The highest BCUT2D eigenvalue weighted by atomic mass is 32.2. The van der Waals surface area contributed by atoms with Crippen LogP contribution in [0.3, 0.4) is 0 Å². The number of rotatable bonds is 2. The van der Waals surface area contributed by atoms with E-state index in [0.29, 0.717) is 16.5 Å². The molecule has 3 aliphatic rings. The van der Waals surface area contributed by atoms with Gasteiger partial charge >= 0.3 is 0 Å². The van der Waals surface area contributed by atoms with E-state index in [-0.39, 0.29) is 6.04 Å². The zero-order valence-corrected chi connectivity index (χ0v) is 14.4. The maximum atomic E-state index is 6.09. The van der Waals surface area contributed by atoms with Gasteiger partial charge in [-0.2, -0.15) is 5.10 Å². The molecule has 1 saturated heterocycles. The minimum Gasteiger partial charge on any atom is -0.384 e. The van der Waals surface area contributed by atoms with Gasteiger partial charge in [-0.15, -0.1) is 11.8 Å². The highest BCUT2D eigenvalue weighted by Crippen LogP contribution is 2.46. The normalized spacial score (nSPS) is 29.7. The maximum absolute atomic E-state index is 6.09. The Labute approximate surface area is 141 Å². The lowest BCUT2D eigenvalue weighted by atomic mass is 9.82. The quantitative estimate of drug-likeness (QED) is 0.875. The van der Waals surface area contributed by atoms with E-state index in [1.54, 1.807) is 6.20 Å². The predicted octanol–water partition coefficient (Wildman–Crippen LogP) is 2.61. The van der Waals surface area contributed by atoms with Gasteiger partial charge in [-0.3, -0.25) is 10.1 Å². The van der Waals surface area contributed by atoms with Crippen LogP contribution in [-0.2, 0) is 0 Å². The van der Waals surface area contributed by atoms with Gasteiger partial charge in [-0.05, 0) is 30.4 Å². The van der Waals surface area contributed by atoms with Crippen molar-refractivity contribution < 1.29 is 0 Å². The number of aliphatic imine (C=N–C) groups is 1. The van der Waals surface area contributed by atoms with Crippen LogP contribution in [0, 0.1) is 5.41 Å². The summed E-state index contributed by atoms with van der Waals surface area (Å²) in [6.07, 6.45) is 8.54. The molecule has 0 bridgehead atoms. The highest BCUT2D eigenvalue weighted by Gasteiger charge is 2.38. The molecule has 2 unspecified atom stereocenters. The highest BCUT2D eigenvalue weighted by molar-refractivity contribution is 8.09. The van der Waals surface area contributed by atoms with E-state index >= 15 is 0 Å². The number of fused-ring (bicyclic) bond motifs is 1. The monoisotopic (exact) mass is 329 g/mol. The molecule has 0 amide bonds. The van der Waals surface area contributed by atoms with Gasteiger partial charge in [0.25, 0.3) is 0 Å². The number of nitrogens with one attached hydrogen (secondary N) is 1. The third-order valence-electron chi connectivity index (χ3n) is 5.02. The summed E-state index contributed by atoms with van der Waals surface area (Å²) in [5.41, 5.74) is 8.95. The minimum atomic E-state index is 0.133. The van der Waals surface area contributed by atoms with Crippen LogP contribution in [0.25, 0.3) is 4.91 Å². The van der Waals surface area contributed by atoms with Crippen LogP contribution in [0.15, 0.2) is 35.1 Å². The van der Waals surface area contributed by atoms with Gasteiger partial charge in [-0.25, -0.2) is 0 Å². The summed E-state index contributed by atoms with van der Waals surface area (Å²) in [4.78, 5) is 8.37. The van der Waals surface area contributed by atoms with Crippen molar-refractivity contribution in [1.82, 2.24) is 15.1 Å². The lowest BCUT2D eigenvalue weighted by molar-refractivity contribution is 0.159. The summed E-state index contributed by atoms with van der Waals surface area (Å²) in [7, 11) is 0. The zero-order chi connectivity index (χ0) is 16.0. The van der Waals surface area contributed by atoms with Crippen LogP contribution >= 0.6 is 11.8 Å². The number of likely N-dealkylation sites (tertiary alicyclic amines) is 1. The van der Waals surface area contributed by atoms with Gasteiger partial charge in [0.2, 0.25) is 0 Å². The number of dihydropyridines is 1. The Morgan fingerprint density at radius 1 is 1.35 bits per heavy atom. The second kappa shape index (κ2) is 5.44. The number of aromatic amines is 1. The minimum absolute atomic E-state index is 0.133. The number of thioether (sulfide) groups is 1. The second-order valence-electron chi connectivity index (χ2n) is 7.30. The van der Waals surface area contributed by atoms with Gasteiger partial charge in [0.1, 0.15) is 5.84 Å². The van der Waals surface area contributed by atoms with E-state index < -0.39 is 0 Å². The van der Waals surface area contributed by atoms with E-state index in [2.05, 4.69) is 46.1 Å². The van der Waals surface area contributed by atoms with Crippen molar-refractivity contribution >= 4 is 22.5 Å². The van der Waals surface area contributed by atoms with Crippen LogP contribution in [0.5, 0.6) is 0 Å². The van der Waals surface area contributed by atoms with Crippen molar-refractivity contribution in [2.24, 2.45) is 16.1 Å². The largest absolute Gasteiger partial charge is 0.384 e. The Morgan fingerprint density at radius 3 is 2.83 bits per heavy atom. The summed E-state index contributed by atoms with van der Waals surface area (Å²) >= 11 is 1.87. The Bertz CT molecular complexity index is 676. The third kappa shape index (κ3) is 2.80. The summed E-state index contributed by atoms with van der Waals surface area (Å²) in [6, 6.07) is 2.14. The van der Waals surface area contributed by atoms with E-state index in [0.717, 1.165) is 18.8 Å². The molecule has 6 heteroatoms. The Hall–Kier alpha value is -1.69. The molecule has 122 valence electrons. The molecule has 0 spiro atoms. The number of nitrogens with zero attached hydrogens (tertiary/aromatic N) is 3. The molecule has 1 fully saturated rings. The van der Waals surface area contributed by atoms with Crippen LogP contribution in [0.2, 0.25) is 0 Å². The maximum Gasteiger partial charge on any atom is 0.120 e. The molecule has 0 aromatic carbocycles. The first-order valence-corrected chi connectivity index (χ1v) is 9.08. The van der Waals surface area contributed by atoms with Crippen LogP contribution < -0.4 is 5.73 Å². The number of piperidine rings is 1. The molecule has 4 rings (SSSR count). The first kappa shape index (κ1) is 14.9. The van der Waals surface area contributed by atoms with Crippen molar-refractivity contribution in [3.8, 4) is 0 Å². The van der Waals surface area contributed by atoms with E-state index in [4.69, 9.17) is 5.73 Å². The molecule has 0 aliphatic carbocycles. The van der Waals surface area contributed by atoms with Gasteiger partial charge in [0, 0.05) is 36.0 Å². The predicted molar refractivity (Wildman–Crippen MR) is 96.0 cm³/mol. The fraction of sp³-hybridized carbons (Fsp3) is 0.529. The Kier molecular flexibility index (Phi) is 3.52. The van der Waals surface area contributed by atoms with Gasteiger partial charge in [-0.1, -0.05) is 13.8 Å². The van der Waals surface area contributed by atoms with E-state index in [1.807, 2.05) is 17.8 Å². The van der Waals surface area contributed by atoms with Gasteiger partial charge < -0.3 is 10.6 Å². The van der Waals surface area contributed by atoms with Crippen molar-refractivity contribution in [2.75, 3.05) is 13.1 Å². The van der Waals surface area contributed by atoms with Crippen LogP contribution in [0.1, 0.15) is 32.4 Å². The molecule has 3 N–H and O–H groups in total. The van der Waals surface area contributed by atoms with Crippen LogP contribution in [-0.4, -0.2) is 45.3 Å². The smallest absolute Gasteiger partial charge is 0.120 e. The molecule has 5 nitrogen and oxygen atoms in total. The first-order valence-electron chi connectivity index (χ1n) is 8.20. The number of hydrogen-bond donors (Lipinski definition) is 2.